The van der Waals surface area contributed by atoms with Crippen molar-refractivity contribution < 1.29 is 27.8 Å². The summed E-state index contributed by atoms with van der Waals surface area (Å²) in [6.07, 6.45) is -1.29. The zero-order chi connectivity index (χ0) is 18.5. The summed E-state index contributed by atoms with van der Waals surface area (Å²) in [5.74, 6) is -3.76. The van der Waals surface area contributed by atoms with Crippen LogP contribution in [0.3, 0.4) is 0 Å². The van der Waals surface area contributed by atoms with Crippen molar-refractivity contribution in [2.45, 2.75) is 6.10 Å². The Morgan fingerprint density at radius 1 is 0.962 bits per heavy atom. The van der Waals surface area contributed by atoms with E-state index in [1.165, 1.54) is 4.90 Å². The Kier molecular flexibility index (Phi) is 5.58. The summed E-state index contributed by atoms with van der Waals surface area (Å²) >= 11 is 0. The fourth-order valence-corrected chi connectivity index (χ4v) is 2.70. The molecular weight excluding hydrogens is 344 g/mol. The molecule has 1 heterocycles. The van der Waals surface area contributed by atoms with E-state index in [2.05, 4.69) is 0 Å². The van der Waals surface area contributed by atoms with Gasteiger partial charge in [-0.05, 0) is 12.1 Å². The van der Waals surface area contributed by atoms with E-state index in [-0.39, 0.29) is 0 Å². The normalized spacial score (nSPS) is 15.4. The first kappa shape index (κ1) is 18.0. The van der Waals surface area contributed by atoms with E-state index < -0.39 is 35.2 Å². The van der Waals surface area contributed by atoms with Gasteiger partial charge < -0.3 is 14.4 Å². The van der Waals surface area contributed by atoms with Crippen LogP contribution in [-0.4, -0.2) is 43.1 Å². The molecule has 2 aromatic carbocycles. The lowest BCUT2D eigenvalue weighted by atomic mass is 10.1. The van der Waals surface area contributed by atoms with Crippen LogP contribution in [0.15, 0.2) is 48.5 Å². The first-order valence-electron chi connectivity index (χ1n) is 8.14. The van der Waals surface area contributed by atoms with Crippen molar-refractivity contribution >= 4 is 11.9 Å². The van der Waals surface area contributed by atoms with Gasteiger partial charge in [-0.1, -0.05) is 36.4 Å². The van der Waals surface area contributed by atoms with Gasteiger partial charge in [0.05, 0.1) is 13.2 Å². The second-order valence-electron chi connectivity index (χ2n) is 5.73. The van der Waals surface area contributed by atoms with E-state index in [1.54, 1.807) is 30.3 Å². The zero-order valence-corrected chi connectivity index (χ0v) is 13.9. The van der Waals surface area contributed by atoms with Gasteiger partial charge >= 0.3 is 5.97 Å². The van der Waals surface area contributed by atoms with Gasteiger partial charge in [-0.2, -0.15) is 0 Å². The summed E-state index contributed by atoms with van der Waals surface area (Å²) in [5.41, 5.74) is -0.391. The van der Waals surface area contributed by atoms with Crippen LogP contribution in [0.1, 0.15) is 22.0 Å². The van der Waals surface area contributed by atoms with E-state index in [9.17, 15) is 18.4 Å². The minimum Gasteiger partial charge on any atom is -0.444 e. The number of halogens is 2. The van der Waals surface area contributed by atoms with Gasteiger partial charge in [0.25, 0.3) is 5.91 Å². The SMILES string of the molecule is O=C(O[C@H](C(=O)N1CCOCC1)c1ccccc1)c1c(F)cccc1F. The highest BCUT2D eigenvalue weighted by molar-refractivity contribution is 5.93. The molecule has 7 heteroatoms. The third kappa shape index (κ3) is 3.88. The summed E-state index contributed by atoms with van der Waals surface area (Å²) in [6, 6.07) is 11.4. The summed E-state index contributed by atoms with van der Waals surface area (Å²) in [7, 11) is 0. The highest BCUT2D eigenvalue weighted by atomic mass is 19.1. The number of morpholine rings is 1. The standard InChI is InChI=1S/C19H17F2NO4/c20-14-7-4-8-15(21)16(14)19(24)26-17(13-5-2-1-3-6-13)18(23)22-9-11-25-12-10-22/h1-8,17H,9-12H2/t17-/m0/s1. The van der Waals surface area contributed by atoms with Gasteiger partial charge in [0.2, 0.25) is 6.10 Å². The highest BCUT2D eigenvalue weighted by Gasteiger charge is 2.32. The number of amides is 1. The molecule has 0 aromatic heterocycles. The molecule has 0 spiro atoms. The van der Waals surface area contributed by atoms with Crippen LogP contribution in [-0.2, 0) is 14.3 Å². The van der Waals surface area contributed by atoms with Gasteiger partial charge in [-0.25, -0.2) is 13.6 Å². The quantitative estimate of drug-likeness (QED) is 0.786. The molecule has 2 aromatic rings. The van der Waals surface area contributed by atoms with Crippen molar-refractivity contribution in [3.8, 4) is 0 Å². The topological polar surface area (TPSA) is 55.8 Å². The number of hydrogen-bond donors (Lipinski definition) is 0. The number of rotatable bonds is 4. The predicted octanol–water partition coefficient (Wildman–Crippen LogP) is 2.72. The maximum atomic E-state index is 13.9. The van der Waals surface area contributed by atoms with Crippen LogP contribution in [0.5, 0.6) is 0 Å². The molecular formula is C19H17F2NO4. The number of esters is 1. The molecule has 3 rings (SSSR count). The first-order valence-corrected chi connectivity index (χ1v) is 8.14. The molecule has 0 saturated carbocycles. The Labute approximate surface area is 149 Å². The summed E-state index contributed by atoms with van der Waals surface area (Å²) in [4.78, 5) is 26.7. The van der Waals surface area contributed by atoms with Crippen molar-refractivity contribution in [2.24, 2.45) is 0 Å². The molecule has 0 aliphatic carbocycles. The van der Waals surface area contributed by atoms with Crippen LogP contribution in [0.25, 0.3) is 0 Å². The van der Waals surface area contributed by atoms with E-state index in [4.69, 9.17) is 9.47 Å². The van der Waals surface area contributed by atoms with Crippen molar-refractivity contribution in [1.82, 2.24) is 4.90 Å². The maximum Gasteiger partial charge on any atom is 0.345 e. The van der Waals surface area contributed by atoms with Gasteiger partial charge in [0.15, 0.2) is 0 Å². The Balaban J connectivity index is 1.88. The average molecular weight is 361 g/mol. The molecule has 26 heavy (non-hydrogen) atoms. The molecule has 0 N–H and O–H groups in total. The van der Waals surface area contributed by atoms with Crippen LogP contribution in [0.2, 0.25) is 0 Å². The largest absolute Gasteiger partial charge is 0.444 e. The number of carbonyl (C=O) groups excluding carboxylic acids is 2. The average Bonchev–Trinajstić information content (AvgIpc) is 2.67. The monoisotopic (exact) mass is 361 g/mol. The lowest BCUT2D eigenvalue weighted by molar-refractivity contribution is -0.145. The summed E-state index contributed by atoms with van der Waals surface area (Å²) in [5, 5.41) is 0. The van der Waals surface area contributed by atoms with Crippen molar-refractivity contribution in [1.29, 1.82) is 0 Å². The summed E-state index contributed by atoms with van der Waals surface area (Å²) < 4.78 is 38.2. The number of ether oxygens (including phenoxy) is 2. The summed E-state index contributed by atoms with van der Waals surface area (Å²) in [6.45, 7) is 1.47. The molecule has 1 fully saturated rings. The molecule has 5 nitrogen and oxygen atoms in total. The van der Waals surface area contributed by atoms with Gasteiger partial charge in [0.1, 0.15) is 17.2 Å². The molecule has 0 bridgehead atoms. The molecule has 1 atom stereocenters. The smallest absolute Gasteiger partial charge is 0.345 e. The second kappa shape index (κ2) is 8.05. The Hall–Kier alpha value is -2.80. The van der Waals surface area contributed by atoms with Crippen LogP contribution < -0.4 is 0 Å². The number of carbonyl (C=O) groups is 2. The van der Waals surface area contributed by atoms with Gasteiger partial charge in [0, 0.05) is 18.7 Å². The number of benzene rings is 2. The fraction of sp³-hybridized carbons (Fsp3) is 0.263. The third-order valence-electron chi connectivity index (χ3n) is 4.04. The highest BCUT2D eigenvalue weighted by Crippen LogP contribution is 2.24. The predicted molar refractivity (Wildman–Crippen MR) is 88.4 cm³/mol. The fourth-order valence-electron chi connectivity index (χ4n) is 2.70. The lowest BCUT2D eigenvalue weighted by Gasteiger charge is -2.30. The molecule has 136 valence electrons. The molecule has 0 unspecified atom stereocenters. The van der Waals surface area contributed by atoms with E-state index in [0.717, 1.165) is 18.2 Å². The Morgan fingerprint density at radius 3 is 2.19 bits per heavy atom. The lowest BCUT2D eigenvalue weighted by Crippen LogP contribution is -2.44. The van der Waals surface area contributed by atoms with Crippen LogP contribution in [0.4, 0.5) is 8.78 Å². The number of nitrogens with zero attached hydrogens (tertiary/aromatic N) is 1. The van der Waals surface area contributed by atoms with Crippen molar-refractivity contribution in [2.75, 3.05) is 26.3 Å². The van der Waals surface area contributed by atoms with Crippen LogP contribution in [0, 0.1) is 11.6 Å². The van der Waals surface area contributed by atoms with Gasteiger partial charge in [-0.3, -0.25) is 4.79 Å². The van der Waals surface area contributed by atoms with E-state index >= 15 is 0 Å². The molecule has 1 aliphatic heterocycles. The minimum absolute atomic E-state index is 0.355. The molecule has 1 amide bonds. The molecule has 1 aliphatic rings. The number of hydrogen-bond acceptors (Lipinski definition) is 4. The Morgan fingerprint density at radius 2 is 1.58 bits per heavy atom. The maximum absolute atomic E-state index is 13.9. The zero-order valence-electron chi connectivity index (χ0n) is 13.9. The third-order valence-corrected chi connectivity index (χ3v) is 4.04. The van der Waals surface area contributed by atoms with Gasteiger partial charge in [-0.15, -0.1) is 0 Å². The van der Waals surface area contributed by atoms with E-state index in [0.29, 0.717) is 31.9 Å². The van der Waals surface area contributed by atoms with Crippen molar-refractivity contribution in [3.63, 3.8) is 0 Å². The Bertz CT molecular complexity index is 771. The van der Waals surface area contributed by atoms with Crippen molar-refractivity contribution in [3.05, 3.63) is 71.3 Å². The minimum atomic E-state index is -1.29. The van der Waals surface area contributed by atoms with E-state index in [1.807, 2.05) is 0 Å². The first-order chi connectivity index (χ1) is 12.6. The molecule has 0 radical (unpaired) electrons. The van der Waals surface area contributed by atoms with Crippen LogP contribution >= 0.6 is 0 Å². The second-order valence-corrected chi connectivity index (χ2v) is 5.73. The molecule has 1 saturated heterocycles.